The van der Waals surface area contributed by atoms with Crippen molar-refractivity contribution < 1.29 is 14.7 Å². The van der Waals surface area contributed by atoms with Gasteiger partial charge in [0, 0.05) is 18.6 Å². The summed E-state index contributed by atoms with van der Waals surface area (Å²) in [5, 5.41) is 11.6. The zero-order valence-electron chi connectivity index (χ0n) is 11.5. The molecule has 104 valence electrons. The molecule has 2 N–H and O–H groups in total. The van der Waals surface area contributed by atoms with Gasteiger partial charge in [-0.15, -0.1) is 0 Å². The number of hydrogen-bond donors (Lipinski definition) is 2. The molecule has 1 saturated heterocycles. The monoisotopic (exact) mass is 256 g/mol. The van der Waals surface area contributed by atoms with E-state index in [4.69, 9.17) is 5.11 Å². The van der Waals surface area contributed by atoms with Crippen LogP contribution in [0.5, 0.6) is 0 Å². The number of amides is 2. The average Bonchev–Trinajstić information content (AvgIpc) is 2.69. The molecule has 0 aromatic rings. The molecule has 2 amide bonds. The Balaban J connectivity index is 2.38. The van der Waals surface area contributed by atoms with Gasteiger partial charge in [0.25, 0.3) is 0 Å². The lowest BCUT2D eigenvalue weighted by Gasteiger charge is -2.28. The fourth-order valence-electron chi connectivity index (χ4n) is 2.45. The van der Waals surface area contributed by atoms with Crippen molar-refractivity contribution in [1.82, 2.24) is 10.2 Å². The molecule has 0 spiro atoms. The van der Waals surface area contributed by atoms with E-state index in [2.05, 4.69) is 19.2 Å². The summed E-state index contributed by atoms with van der Waals surface area (Å²) < 4.78 is 0. The highest BCUT2D eigenvalue weighted by molar-refractivity contribution is 5.75. The molecule has 18 heavy (non-hydrogen) atoms. The highest BCUT2D eigenvalue weighted by Gasteiger charge is 2.32. The Kier molecular flexibility index (Phi) is 5.44. The lowest BCUT2D eigenvalue weighted by Crippen LogP contribution is -2.46. The lowest BCUT2D eigenvalue weighted by molar-refractivity contribution is -0.141. The molecule has 3 unspecified atom stereocenters. The van der Waals surface area contributed by atoms with Crippen LogP contribution >= 0.6 is 0 Å². The van der Waals surface area contributed by atoms with Crippen LogP contribution < -0.4 is 5.32 Å². The zero-order chi connectivity index (χ0) is 13.7. The maximum atomic E-state index is 12.0. The molecule has 0 saturated carbocycles. The number of rotatable bonds is 5. The van der Waals surface area contributed by atoms with Crippen LogP contribution in [0.1, 0.15) is 46.5 Å². The smallest absolute Gasteiger partial charge is 0.317 e. The molecule has 0 aromatic carbocycles. The van der Waals surface area contributed by atoms with E-state index in [9.17, 15) is 9.59 Å². The van der Waals surface area contributed by atoms with Gasteiger partial charge in [-0.3, -0.25) is 4.79 Å². The standard InChI is InChI=1S/C13H24N2O3/c1-4-11-6-5-10(3)15(11)13(18)14-8-7-9(2)12(16)17/h9-11H,4-8H2,1-3H3,(H,14,18)(H,16,17). The summed E-state index contributed by atoms with van der Waals surface area (Å²) in [4.78, 5) is 24.6. The number of carboxylic acid groups (broad SMARTS) is 1. The van der Waals surface area contributed by atoms with Gasteiger partial charge in [0.15, 0.2) is 0 Å². The Morgan fingerprint density at radius 2 is 2.11 bits per heavy atom. The molecule has 3 atom stereocenters. The molecule has 5 nitrogen and oxygen atoms in total. The van der Waals surface area contributed by atoms with Gasteiger partial charge >= 0.3 is 12.0 Å². The SMILES string of the molecule is CCC1CCC(C)N1C(=O)NCCC(C)C(=O)O. The minimum absolute atomic E-state index is 0.0514. The van der Waals surface area contributed by atoms with E-state index in [0.717, 1.165) is 19.3 Å². The van der Waals surface area contributed by atoms with Gasteiger partial charge in [-0.25, -0.2) is 4.79 Å². The number of carbonyl (C=O) groups excluding carboxylic acids is 1. The fourth-order valence-corrected chi connectivity index (χ4v) is 2.45. The summed E-state index contributed by atoms with van der Waals surface area (Å²) in [6.07, 6.45) is 3.57. The quantitative estimate of drug-likeness (QED) is 0.791. The van der Waals surface area contributed by atoms with Crippen LogP contribution in [0, 0.1) is 5.92 Å². The first kappa shape index (κ1) is 14.8. The predicted molar refractivity (Wildman–Crippen MR) is 69.4 cm³/mol. The number of nitrogens with zero attached hydrogens (tertiary/aromatic N) is 1. The van der Waals surface area contributed by atoms with Crippen molar-refractivity contribution in [1.29, 1.82) is 0 Å². The molecule has 0 aliphatic carbocycles. The molecule has 1 aliphatic heterocycles. The molecule has 1 rings (SSSR count). The number of aliphatic carboxylic acids is 1. The molecular weight excluding hydrogens is 232 g/mol. The first-order chi connectivity index (χ1) is 8.47. The molecule has 0 radical (unpaired) electrons. The van der Waals surface area contributed by atoms with Crippen LogP contribution in [0.2, 0.25) is 0 Å². The van der Waals surface area contributed by atoms with Gasteiger partial charge in [0.1, 0.15) is 0 Å². The van der Waals surface area contributed by atoms with E-state index in [1.165, 1.54) is 0 Å². The summed E-state index contributed by atoms with van der Waals surface area (Å²) in [6, 6.07) is 0.563. The Hall–Kier alpha value is -1.26. The Morgan fingerprint density at radius 1 is 1.44 bits per heavy atom. The summed E-state index contributed by atoms with van der Waals surface area (Å²) >= 11 is 0. The number of carboxylic acids is 1. The maximum Gasteiger partial charge on any atom is 0.317 e. The van der Waals surface area contributed by atoms with E-state index < -0.39 is 11.9 Å². The number of nitrogens with one attached hydrogen (secondary N) is 1. The van der Waals surface area contributed by atoms with Crippen molar-refractivity contribution in [2.75, 3.05) is 6.54 Å². The van der Waals surface area contributed by atoms with E-state index in [-0.39, 0.29) is 12.1 Å². The summed E-state index contributed by atoms with van der Waals surface area (Å²) in [6.45, 7) is 6.23. The first-order valence-corrected chi connectivity index (χ1v) is 6.76. The van der Waals surface area contributed by atoms with Crippen molar-refractivity contribution in [2.24, 2.45) is 5.92 Å². The first-order valence-electron chi connectivity index (χ1n) is 6.76. The maximum absolute atomic E-state index is 12.0. The third-order valence-corrected chi connectivity index (χ3v) is 3.77. The second-order valence-corrected chi connectivity index (χ2v) is 5.16. The summed E-state index contributed by atoms with van der Waals surface area (Å²) in [5.41, 5.74) is 0. The van der Waals surface area contributed by atoms with Crippen molar-refractivity contribution in [2.45, 2.75) is 58.5 Å². The minimum atomic E-state index is -0.815. The summed E-state index contributed by atoms with van der Waals surface area (Å²) in [7, 11) is 0. The Labute approximate surface area is 109 Å². The van der Waals surface area contributed by atoms with Crippen molar-refractivity contribution in [3.05, 3.63) is 0 Å². The van der Waals surface area contributed by atoms with Crippen LogP contribution in [-0.2, 0) is 4.79 Å². The molecule has 5 heteroatoms. The van der Waals surface area contributed by atoms with E-state index in [1.807, 2.05) is 4.90 Å². The third-order valence-electron chi connectivity index (χ3n) is 3.77. The van der Waals surface area contributed by atoms with Crippen LogP contribution in [-0.4, -0.2) is 40.6 Å². The molecule has 1 aliphatic rings. The van der Waals surface area contributed by atoms with Gasteiger partial charge in [0.2, 0.25) is 0 Å². The number of likely N-dealkylation sites (tertiary alicyclic amines) is 1. The van der Waals surface area contributed by atoms with E-state index in [1.54, 1.807) is 6.92 Å². The van der Waals surface area contributed by atoms with Crippen LogP contribution in [0.25, 0.3) is 0 Å². The highest BCUT2D eigenvalue weighted by atomic mass is 16.4. The second-order valence-electron chi connectivity index (χ2n) is 5.16. The van der Waals surface area contributed by atoms with Gasteiger partial charge < -0.3 is 15.3 Å². The molecule has 1 heterocycles. The van der Waals surface area contributed by atoms with Gasteiger partial charge in [-0.05, 0) is 32.6 Å². The molecule has 0 bridgehead atoms. The van der Waals surface area contributed by atoms with Gasteiger partial charge in [-0.1, -0.05) is 13.8 Å². The molecule has 0 aromatic heterocycles. The number of urea groups is 1. The highest BCUT2D eigenvalue weighted by Crippen LogP contribution is 2.25. The van der Waals surface area contributed by atoms with E-state index in [0.29, 0.717) is 19.0 Å². The average molecular weight is 256 g/mol. The number of hydrogen-bond acceptors (Lipinski definition) is 2. The van der Waals surface area contributed by atoms with Crippen LogP contribution in [0.4, 0.5) is 4.79 Å². The normalized spacial score (nSPS) is 24.9. The Morgan fingerprint density at radius 3 is 2.67 bits per heavy atom. The summed E-state index contributed by atoms with van der Waals surface area (Å²) in [5.74, 6) is -1.23. The van der Waals surface area contributed by atoms with Crippen LogP contribution in [0.3, 0.4) is 0 Å². The third kappa shape index (κ3) is 3.62. The second kappa shape index (κ2) is 6.61. The minimum Gasteiger partial charge on any atom is -0.481 e. The van der Waals surface area contributed by atoms with Crippen molar-refractivity contribution in [3.63, 3.8) is 0 Å². The topological polar surface area (TPSA) is 69.6 Å². The van der Waals surface area contributed by atoms with Crippen molar-refractivity contribution >= 4 is 12.0 Å². The fraction of sp³-hybridized carbons (Fsp3) is 0.846. The Bertz CT molecular complexity index is 307. The molecular formula is C13H24N2O3. The largest absolute Gasteiger partial charge is 0.481 e. The van der Waals surface area contributed by atoms with Crippen LogP contribution in [0.15, 0.2) is 0 Å². The van der Waals surface area contributed by atoms with E-state index >= 15 is 0 Å². The lowest BCUT2D eigenvalue weighted by atomic mass is 10.1. The molecule has 1 fully saturated rings. The van der Waals surface area contributed by atoms with Gasteiger partial charge in [-0.2, -0.15) is 0 Å². The van der Waals surface area contributed by atoms with Crippen molar-refractivity contribution in [3.8, 4) is 0 Å². The van der Waals surface area contributed by atoms with Gasteiger partial charge in [0.05, 0.1) is 5.92 Å². The predicted octanol–water partition coefficient (Wildman–Crippen LogP) is 2.07. The zero-order valence-corrected chi connectivity index (χ0v) is 11.5. The number of carbonyl (C=O) groups is 2.